The molecule has 0 amide bonds. The number of carbonyl (C=O) groups excluding carboxylic acids is 1. The molecule has 1 rings (SSSR count). The van der Waals surface area contributed by atoms with Crippen LogP contribution >= 0.6 is 23.4 Å². The van der Waals surface area contributed by atoms with Crippen LogP contribution in [-0.4, -0.2) is 23.1 Å². The van der Waals surface area contributed by atoms with Gasteiger partial charge in [0.25, 0.3) is 0 Å². The number of benzene rings is 1. The van der Waals surface area contributed by atoms with Crippen molar-refractivity contribution in [3.05, 3.63) is 28.8 Å². The molecule has 1 N–H and O–H groups in total. The zero-order valence-corrected chi connectivity index (χ0v) is 10.3. The van der Waals surface area contributed by atoms with Gasteiger partial charge >= 0.3 is 5.97 Å². The lowest BCUT2D eigenvalue weighted by atomic mass is 10.1. The summed E-state index contributed by atoms with van der Waals surface area (Å²) in [6, 6.07) is 5.06. The summed E-state index contributed by atoms with van der Waals surface area (Å²) in [7, 11) is 0. The predicted octanol–water partition coefficient (Wildman–Crippen LogP) is 3.11. The summed E-state index contributed by atoms with van der Waals surface area (Å²) in [5.41, 5.74) is 0.501. The summed E-state index contributed by atoms with van der Waals surface area (Å²) in [6.45, 7) is 0. The Kier molecular flexibility index (Phi) is 4.83. The summed E-state index contributed by atoms with van der Waals surface area (Å²) in [5.74, 6) is -1.16. The first-order chi connectivity index (χ1) is 7.54. The van der Waals surface area contributed by atoms with Crippen molar-refractivity contribution in [2.45, 2.75) is 17.7 Å². The number of carboxylic acids is 1. The number of aliphatic carboxylic acids is 1. The molecule has 0 aromatic heterocycles. The number of ketones is 1. The molecule has 0 radical (unpaired) electrons. The second-order valence-electron chi connectivity index (χ2n) is 3.16. The Morgan fingerprint density at radius 3 is 2.62 bits per heavy atom. The highest BCUT2D eigenvalue weighted by molar-refractivity contribution is 7.98. The fourth-order valence-corrected chi connectivity index (χ4v) is 2.02. The standard InChI is InChI=1S/C11H11ClO3S/c1-16-10-4-2-7(12)6-8(10)9(13)3-5-11(14)15/h2,4,6H,3,5H2,1H3,(H,14,15). The Hall–Kier alpha value is -1.00. The second-order valence-corrected chi connectivity index (χ2v) is 4.45. The van der Waals surface area contributed by atoms with Gasteiger partial charge in [-0.05, 0) is 24.5 Å². The van der Waals surface area contributed by atoms with Crippen LogP contribution in [0.3, 0.4) is 0 Å². The van der Waals surface area contributed by atoms with Crippen molar-refractivity contribution in [3.8, 4) is 0 Å². The minimum absolute atomic E-state index is 0.00321. The minimum atomic E-state index is -0.971. The monoisotopic (exact) mass is 258 g/mol. The number of rotatable bonds is 5. The molecule has 0 fully saturated rings. The maximum absolute atomic E-state index is 11.7. The topological polar surface area (TPSA) is 54.4 Å². The molecule has 0 saturated heterocycles. The van der Waals surface area contributed by atoms with Gasteiger partial charge in [-0.1, -0.05) is 11.6 Å². The molecular formula is C11H11ClO3S. The van der Waals surface area contributed by atoms with E-state index >= 15 is 0 Å². The van der Waals surface area contributed by atoms with E-state index in [1.165, 1.54) is 11.8 Å². The van der Waals surface area contributed by atoms with Gasteiger partial charge in [-0.15, -0.1) is 11.8 Å². The van der Waals surface area contributed by atoms with Crippen LogP contribution < -0.4 is 0 Å². The van der Waals surface area contributed by atoms with E-state index in [0.717, 1.165) is 4.90 Å². The number of halogens is 1. The van der Waals surface area contributed by atoms with Crippen molar-refractivity contribution in [1.82, 2.24) is 0 Å². The van der Waals surface area contributed by atoms with Gasteiger partial charge in [-0.25, -0.2) is 0 Å². The third kappa shape index (κ3) is 3.54. The number of carboxylic acid groups (broad SMARTS) is 1. The number of hydrogen-bond acceptors (Lipinski definition) is 3. The van der Waals surface area contributed by atoms with E-state index in [2.05, 4.69) is 0 Å². The van der Waals surface area contributed by atoms with Crippen molar-refractivity contribution in [3.63, 3.8) is 0 Å². The van der Waals surface area contributed by atoms with Gasteiger partial charge in [0.1, 0.15) is 0 Å². The van der Waals surface area contributed by atoms with Gasteiger partial charge in [0.05, 0.1) is 6.42 Å². The lowest BCUT2D eigenvalue weighted by molar-refractivity contribution is -0.136. The first-order valence-corrected chi connectivity index (χ1v) is 6.23. The fraction of sp³-hybridized carbons (Fsp3) is 0.273. The van der Waals surface area contributed by atoms with Crippen LogP contribution in [0.2, 0.25) is 5.02 Å². The van der Waals surface area contributed by atoms with E-state index in [4.69, 9.17) is 16.7 Å². The van der Waals surface area contributed by atoms with Crippen LogP contribution in [-0.2, 0) is 4.79 Å². The molecule has 3 nitrogen and oxygen atoms in total. The highest BCUT2D eigenvalue weighted by Crippen LogP contribution is 2.25. The van der Waals surface area contributed by atoms with Gasteiger partial charge in [0.2, 0.25) is 0 Å². The molecule has 0 heterocycles. The number of Topliss-reactive ketones (excluding diaryl/α,β-unsaturated/α-hetero) is 1. The van der Waals surface area contributed by atoms with E-state index in [0.29, 0.717) is 10.6 Å². The smallest absolute Gasteiger partial charge is 0.303 e. The SMILES string of the molecule is CSc1ccc(Cl)cc1C(=O)CCC(=O)O. The van der Waals surface area contributed by atoms with Crippen molar-refractivity contribution < 1.29 is 14.7 Å². The van der Waals surface area contributed by atoms with Crippen LogP contribution in [0.4, 0.5) is 0 Å². The number of thioether (sulfide) groups is 1. The van der Waals surface area contributed by atoms with Crippen LogP contribution in [0.25, 0.3) is 0 Å². The second kappa shape index (κ2) is 5.92. The van der Waals surface area contributed by atoms with E-state index in [-0.39, 0.29) is 18.6 Å². The Morgan fingerprint density at radius 2 is 2.06 bits per heavy atom. The zero-order chi connectivity index (χ0) is 12.1. The lowest BCUT2D eigenvalue weighted by Crippen LogP contribution is -2.05. The van der Waals surface area contributed by atoms with Crippen molar-refractivity contribution in [2.24, 2.45) is 0 Å². The van der Waals surface area contributed by atoms with Crippen molar-refractivity contribution in [2.75, 3.05) is 6.26 Å². The summed E-state index contributed by atoms with van der Waals surface area (Å²) in [4.78, 5) is 22.9. The van der Waals surface area contributed by atoms with Gasteiger partial charge < -0.3 is 5.11 Å². The molecule has 1 aromatic rings. The first-order valence-electron chi connectivity index (χ1n) is 4.63. The highest BCUT2D eigenvalue weighted by atomic mass is 35.5. The molecule has 16 heavy (non-hydrogen) atoms. The molecular weight excluding hydrogens is 248 g/mol. The van der Waals surface area contributed by atoms with Crippen LogP contribution in [0.15, 0.2) is 23.1 Å². The molecule has 0 aliphatic carbocycles. The number of carbonyl (C=O) groups is 2. The summed E-state index contributed by atoms with van der Waals surface area (Å²) < 4.78 is 0. The Labute approximate surface area is 103 Å². The summed E-state index contributed by atoms with van der Waals surface area (Å²) >= 11 is 7.24. The fourth-order valence-electron chi connectivity index (χ4n) is 1.25. The normalized spacial score (nSPS) is 10.1. The quantitative estimate of drug-likeness (QED) is 0.651. The highest BCUT2D eigenvalue weighted by Gasteiger charge is 2.13. The summed E-state index contributed by atoms with van der Waals surface area (Å²) in [6.07, 6.45) is 1.71. The van der Waals surface area contributed by atoms with Gasteiger partial charge in [0.15, 0.2) is 5.78 Å². The van der Waals surface area contributed by atoms with Crippen LogP contribution in [0.5, 0.6) is 0 Å². The van der Waals surface area contributed by atoms with E-state index in [1.807, 2.05) is 6.26 Å². The zero-order valence-electron chi connectivity index (χ0n) is 8.70. The third-order valence-electron chi connectivity index (χ3n) is 2.03. The van der Waals surface area contributed by atoms with E-state index in [1.54, 1.807) is 18.2 Å². The predicted molar refractivity (Wildman–Crippen MR) is 64.4 cm³/mol. The van der Waals surface area contributed by atoms with Gasteiger partial charge in [0, 0.05) is 21.9 Å². The molecule has 0 spiro atoms. The Balaban J connectivity index is 2.88. The third-order valence-corrected chi connectivity index (χ3v) is 3.06. The lowest BCUT2D eigenvalue weighted by Gasteiger charge is -2.06. The maximum atomic E-state index is 11.7. The minimum Gasteiger partial charge on any atom is -0.481 e. The molecule has 0 bridgehead atoms. The largest absolute Gasteiger partial charge is 0.481 e. The first kappa shape index (κ1) is 13.1. The van der Waals surface area contributed by atoms with Crippen molar-refractivity contribution >= 4 is 35.1 Å². The molecule has 0 aliphatic heterocycles. The van der Waals surface area contributed by atoms with E-state index in [9.17, 15) is 9.59 Å². The molecule has 0 saturated carbocycles. The van der Waals surface area contributed by atoms with Crippen LogP contribution in [0.1, 0.15) is 23.2 Å². The number of hydrogen-bond donors (Lipinski definition) is 1. The Morgan fingerprint density at radius 1 is 1.38 bits per heavy atom. The van der Waals surface area contributed by atoms with Gasteiger partial charge in [-0.2, -0.15) is 0 Å². The molecule has 0 atom stereocenters. The molecule has 0 unspecified atom stereocenters. The van der Waals surface area contributed by atoms with Gasteiger partial charge in [-0.3, -0.25) is 9.59 Å². The maximum Gasteiger partial charge on any atom is 0.303 e. The van der Waals surface area contributed by atoms with Crippen LogP contribution in [0, 0.1) is 0 Å². The molecule has 0 aliphatic rings. The van der Waals surface area contributed by atoms with Crippen molar-refractivity contribution in [1.29, 1.82) is 0 Å². The summed E-state index contributed by atoms with van der Waals surface area (Å²) in [5, 5.41) is 8.99. The molecule has 5 heteroatoms. The Bertz CT molecular complexity index is 418. The average molecular weight is 259 g/mol. The molecule has 1 aromatic carbocycles. The van der Waals surface area contributed by atoms with E-state index < -0.39 is 5.97 Å². The average Bonchev–Trinajstić information content (AvgIpc) is 2.25. The molecule has 86 valence electrons.